The molecule has 0 aliphatic rings. The summed E-state index contributed by atoms with van der Waals surface area (Å²) in [5, 5.41) is 5.26. The van der Waals surface area contributed by atoms with Crippen molar-refractivity contribution in [1.82, 2.24) is 10.3 Å². The number of fused-ring (bicyclic) bond motifs is 1. The van der Waals surface area contributed by atoms with Crippen LogP contribution in [0.5, 0.6) is 0 Å². The number of aromatic nitrogens is 1. The largest absolute Gasteiger partial charge is 0.480 e. The predicted octanol–water partition coefficient (Wildman–Crippen LogP) is 1.94. The number of carbonyl (C=O) groups is 2. The van der Waals surface area contributed by atoms with E-state index in [1.165, 1.54) is 11.2 Å². The summed E-state index contributed by atoms with van der Waals surface area (Å²) < 4.78 is 22.4. The fraction of sp³-hybridized carbons (Fsp3) is 0.333. The predicted molar refractivity (Wildman–Crippen MR) is 76.4 cm³/mol. The van der Waals surface area contributed by atoms with Crippen molar-refractivity contribution in [1.29, 1.82) is 1.43 Å². The minimum Gasteiger partial charge on any atom is -0.480 e. The number of amides is 1. The Morgan fingerprint density at radius 1 is 1.50 bits per heavy atom. The number of hydrogen-bond donors (Lipinski definition) is 3. The van der Waals surface area contributed by atoms with Crippen LogP contribution in [0.3, 0.4) is 0 Å². The monoisotopic (exact) mass is 277 g/mol. The van der Waals surface area contributed by atoms with Crippen molar-refractivity contribution in [2.45, 2.75) is 26.3 Å². The molecule has 1 heterocycles. The number of nitrogens with one attached hydrogen (secondary N) is 2. The summed E-state index contributed by atoms with van der Waals surface area (Å²) in [6.07, 6.45) is 1.41. The number of H-pyrrole nitrogens is 1. The zero-order valence-corrected chi connectivity index (χ0v) is 11.4. The molecule has 0 saturated carbocycles. The van der Waals surface area contributed by atoms with Crippen molar-refractivity contribution in [3.05, 3.63) is 36.0 Å². The van der Waals surface area contributed by atoms with Crippen LogP contribution in [0.15, 0.2) is 30.5 Å². The molecule has 0 fully saturated rings. The van der Waals surface area contributed by atoms with Crippen molar-refractivity contribution in [3.63, 3.8) is 0 Å². The third-order valence-electron chi connectivity index (χ3n) is 3.11. The van der Waals surface area contributed by atoms with Gasteiger partial charge in [0.25, 0.3) is 1.43 Å². The van der Waals surface area contributed by atoms with Crippen molar-refractivity contribution >= 4 is 22.8 Å². The Labute approximate surface area is 121 Å². The third kappa shape index (κ3) is 2.99. The molecular formula is C15H18N2O3. The molecule has 5 nitrogen and oxygen atoms in total. The lowest BCUT2D eigenvalue weighted by Crippen LogP contribution is -2.44. The Hall–Kier alpha value is -2.30. The molecule has 2 rings (SSSR count). The van der Waals surface area contributed by atoms with Crippen LogP contribution in [-0.4, -0.2) is 28.0 Å². The standard InChI is InChI=1S/C15H18N2O3/c1-9(2)14(15(19)20)17-13(18)7-10-8-16-12-6-4-3-5-11(10)12/h3-6,8-9,14,16H,7H2,1-2H3,(H,17,18)(H,19,20)/t14-/m0/s1/i/hD3. The van der Waals surface area contributed by atoms with Crippen LogP contribution in [0, 0.1) is 5.92 Å². The second kappa shape index (κ2) is 5.77. The first-order chi connectivity index (χ1) is 10.9. The number of para-hydroxylation sites is 1. The Kier molecular flexibility index (Phi) is 3.03. The van der Waals surface area contributed by atoms with E-state index in [2.05, 4.69) is 5.11 Å². The number of carbonyl (C=O) groups excluding carboxylic acids is 1. The molecule has 0 saturated heterocycles. The number of carboxylic acid groups (broad SMARTS) is 1. The van der Waals surface area contributed by atoms with Gasteiger partial charge >= 0.3 is 5.97 Å². The van der Waals surface area contributed by atoms with Crippen molar-refractivity contribution < 1.29 is 17.5 Å². The average molecular weight is 277 g/mol. The van der Waals surface area contributed by atoms with Gasteiger partial charge in [0, 0.05) is 17.1 Å². The normalized spacial score (nSPS) is 14.4. The topological polar surface area (TPSA) is 82.2 Å². The molecule has 1 atom stereocenters. The first-order valence-corrected chi connectivity index (χ1v) is 6.43. The zero-order valence-electron chi connectivity index (χ0n) is 14.4. The van der Waals surface area contributed by atoms with Crippen LogP contribution >= 0.6 is 0 Å². The lowest BCUT2D eigenvalue weighted by atomic mass is 10.0. The van der Waals surface area contributed by atoms with E-state index in [9.17, 15) is 9.59 Å². The molecule has 0 aliphatic carbocycles. The highest BCUT2D eigenvalue weighted by Gasteiger charge is 2.23. The summed E-state index contributed by atoms with van der Waals surface area (Å²) in [6.45, 7) is 3.35. The number of rotatable bonds is 5. The van der Waals surface area contributed by atoms with Gasteiger partial charge in [-0.1, -0.05) is 32.0 Å². The molecule has 0 bridgehead atoms. The van der Waals surface area contributed by atoms with Crippen molar-refractivity contribution in [2.24, 2.45) is 5.92 Å². The molecule has 1 amide bonds. The lowest BCUT2D eigenvalue weighted by molar-refractivity contribution is -0.143. The molecule has 3 N–H and O–H groups in total. The fourth-order valence-electron chi connectivity index (χ4n) is 2.05. The molecular weight excluding hydrogens is 256 g/mol. The van der Waals surface area contributed by atoms with E-state index in [1.54, 1.807) is 32.0 Å². The van der Waals surface area contributed by atoms with E-state index in [0.717, 1.165) is 5.39 Å². The van der Waals surface area contributed by atoms with Crippen LogP contribution in [0.1, 0.15) is 19.4 Å². The van der Waals surface area contributed by atoms with Crippen LogP contribution in [0.4, 0.5) is 0 Å². The summed E-state index contributed by atoms with van der Waals surface area (Å²) in [5.41, 5.74) is 1.28. The van der Waals surface area contributed by atoms with Crippen LogP contribution in [0.25, 0.3) is 12.3 Å². The quantitative estimate of drug-likeness (QED) is 0.781. The molecule has 0 radical (unpaired) electrons. The fourth-order valence-corrected chi connectivity index (χ4v) is 2.05. The Balaban J connectivity index is 2.24. The van der Waals surface area contributed by atoms with E-state index >= 15 is 0 Å². The molecule has 1 aromatic carbocycles. The molecule has 0 aliphatic heterocycles. The lowest BCUT2D eigenvalue weighted by Gasteiger charge is -2.17. The van der Waals surface area contributed by atoms with E-state index in [0.29, 0.717) is 16.4 Å². The van der Waals surface area contributed by atoms with Crippen molar-refractivity contribution in [2.75, 3.05) is 0 Å². The van der Waals surface area contributed by atoms with Gasteiger partial charge in [-0.3, -0.25) is 4.79 Å². The van der Waals surface area contributed by atoms with Gasteiger partial charge in [0.15, 0.2) is 2.82 Å². The van der Waals surface area contributed by atoms with Gasteiger partial charge in [-0.15, -0.1) is 0 Å². The van der Waals surface area contributed by atoms with Crippen LogP contribution in [-0.2, 0) is 16.0 Å². The number of aromatic amines is 1. The summed E-state index contributed by atoms with van der Waals surface area (Å²) in [7, 11) is 0. The Bertz CT molecular complexity index is 730. The Morgan fingerprint density at radius 3 is 2.95 bits per heavy atom. The minimum absolute atomic E-state index is 0.107. The zero-order chi connectivity index (χ0) is 17.1. The second-order valence-corrected chi connectivity index (χ2v) is 5.01. The van der Waals surface area contributed by atoms with Crippen molar-refractivity contribution in [3.8, 4) is 0 Å². The number of carboxylic acids is 1. The maximum absolute atomic E-state index is 12.3. The van der Waals surface area contributed by atoms with Crippen LogP contribution < -0.4 is 5.31 Å². The smallest absolute Gasteiger partial charge is 0.326 e. The van der Waals surface area contributed by atoms with Gasteiger partial charge < -0.3 is 15.4 Å². The van der Waals surface area contributed by atoms with Crippen LogP contribution in [0.2, 0.25) is 2.82 Å². The van der Waals surface area contributed by atoms with E-state index < -0.39 is 17.9 Å². The maximum atomic E-state index is 12.3. The molecule has 2 aromatic rings. The van der Waals surface area contributed by atoms with Gasteiger partial charge in [0.1, 0.15) is 6.04 Å². The molecule has 106 valence electrons. The second-order valence-electron chi connectivity index (χ2n) is 5.01. The summed E-state index contributed by atoms with van der Waals surface area (Å²) in [6, 6.07) is 6.04. The molecule has 0 unspecified atom stereocenters. The third-order valence-corrected chi connectivity index (χ3v) is 3.11. The van der Waals surface area contributed by atoms with Gasteiger partial charge in [-0.25, -0.2) is 4.79 Å². The Morgan fingerprint density at radius 2 is 2.25 bits per heavy atom. The molecule has 1 aromatic heterocycles. The van der Waals surface area contributed by atoms with Gasteiger partial charge in [0.05, 0.1) is 6.42 Å². The van der Waals surface area contributed by atoms with Gasteiger partial charge in [-0.05, 0) is 17.5 Å². The van der Waals surface area contributed by atoms with E-state index in [4.69, 9.17) is 4.25 Å². The first-order valence-electron chi connectivity index (χ1n) is 7.73. The molecule has 5 heteroatoms. The molecule has 0 spiro atoms. The number of hydrogen-bond acceptors (Lipinski definition) is 3. The summed E-state index contributed by atoms with van der Waals surface area (Å²) in [4.78, 5) is 25.1. The average Bonchev–Trinajstić information content (AvgIpc) is 2.83. The highest BCUT2D eigenvalue weighted by Crippen LogP contribution is 2.18. The van der Waals surface area contributed by atoms with E-state index in [-0.39, 0.29) is 12.3 Å². The summed E-state index contributed by atoms with van der Waals surface area (Å²) >= 11 is 0. The van der Waals surface area contributed by atoms with Gasteiger partial charge in [-0.2, -0.15) is 0 Å². The number of benzene rings is 1. The van der Waals surface area contributed by atoms with E-state index in [1.807, 2.05) is 6.07 Å². The molecule has 20 heavy (non-hydrogen) atoms. The van der Waals surface area contributed by atoms with Gasteiger partial charge in [0.2, 0.25) is 5.91 Å². The summed E-state index contributed by atoms with van der Waals surface area (Å²) in [5.74, 6) is -1.89. The highest BCUT2D eigenvalue weighted by atomic mass is 16.4. The highest BCUT2D eigenvalue weighted by molar-refractivity contribution is 5.90. The number of aliphatic carboxylic acids is 1. The minimum atomic E-state index is -1.13. The SMILES string of the molecule is [2H]OC(=O)[C@H](C(C)C)N([2H])C(=O)Cc1cn([2H])c2ccccc12. The first kappa shape index (κ1) is 10.5. The maximum Gasteiger partial charge on any atom is 0.326 e.